The summed E-state index contributed by atoms with van der Waals surface area (Å²) in [5, 5.41) is 6.43. The summed E-state index contributed by atoms with van der Waals surface area (Å²) in [6.07, 6.45) is 3.92. The molecule has 1 amide bonds. The molecule has 2 atom stereocenters. The number of amides is 1. The maximum atomic E-state index is 12.4. The summed E-state index contributed by atoms with van der Waals surface area (Å²) in [6.45, 7) is 9.28. The number of carbonyl (C=O) groups excluding carboxylic acids is 1. The number of carbonyl (C=O) groups is 1. The Bertz CT molecular complexity index is 542. The van der Waals surface area contributed by atoms with Gasteiger partial charge in [-0.2, -0.15) is 0 Å². The summed E-state index contributed by atoms with van der Waals surface area (Å²) in [4.78, 5) is 12.4. The number of piperidine rings is 1. The lowest BCUT2D eigenvalue weighted by Gasteiger charge is -2.24. The van der Waals surface area contributed by atoms with Gasteiger partial charge in [0.05, 0.1) is 25.2 Å². The van der Waals surface area contributed by atoms with Crippen LogP contribution in [0, 0.1) is 5.92 Å². The van der Waals surface area contributed by atoms with Gasteiger partial charge in [0.2, 0.25) is 5.91 Å². The molecule has 2 unspecified atom stereocenters. The summed E-state index contributed by atoms with van der Waals surface area (Å²) in [5.74, 6) is 1.73. The number of rotatable bonds is 9. The van der Waals surface area contributed by atoms with Gasteiger partial charge in [-0.3, -0.25) is 4.79 Å². The molecular weight excluding hydrogens is 316 g/mol. The molecule has 2 N–H and O–H groups in total. The topological polar surface area (TPSA) is 59.6 Å². The zero-order valence-corrected chi connectivity index (χ0v) is 15.8. The van der Waals surface area contributed by atoms with Gasteiger partial charge >= 0.3 is 0 Å². The maximum Gasteiger partial charge on any atom is 0.224 e. The molecular formula is C20H32N2O3. The molecule has 0 saturated carbocycles. The Labute approximate surface area is 151 Å². The van der Waals surface area contributed by atoms with Crippen molar-refractivity contribution in [2.45, 2.75) is 52.5 Å². The lowest BCUT2D eigenvalue weighted by Crippen LogP contribution is -2.41. The van der Waals surface area contributed by atoms with Crippen molar-refractivity contribution in [1.82, 2.24) is 10.6 Å². The highest BCUT2D eigenvalue weighted by Crippen LogP contribution is 2.31. The molecule has 1 fully saturated rings. The van der Waals surface area contributed by atoms with Crippen LogP contribution < -0.4 is 20.1 Å². The quantitative estimate of drug-likeness (QED) is 0.718. The van der Waals surface area contributed by atoms with Crippen LogP contribution in [0.2, 0.25) is 0 Å². The van der Waals surface area contributed by atoms with Gasteiger partial charge in [0, 0.05) is 6.54 Å². The minimum absolute atomic E-state index is 0.0568. The van der Waals surface area contributed by atoms with Crippen LogP contribution in [-0.2, 0) is 4.79 Å². The molecule has 1 aliphatic rings. The molecule has 1 aromatic rings. The molecule has 0 bridgehead atoms. The van der Waals surface area contributed by atoms with E-state index in [-0.39, 0.29) is 17.9 Å². The Morgan fingerprint density at radius 3 is 2.60 bits per heavy atom. The van der Waals surface area contributed by atoms with Gasteiger partial charge in [-0.1, -0.05) is 19.9 Å². The van der Waals surface area contributed by atoms with E-state index in [9.17, 15) is 4.79 Å². The van der Waals surface area contributed by atoms with Gasteiger partial charge in [0.25, 0.3) is 0 Å². The van der Waals surface area contributed by atoms with E-state index in [2.05, 4.69) is 24.5 Å². The third kappa shape index (κ3) is 5.92. The predicted molar refractivity (Wildman–Crippen MR) is 100 cm³/mol. The largest absolute Gasteiger partial charge is 0.490 e. The molecule has 1 aliphatic heterocycles. The van der Waals surface area contributed by atoms with Crippen molar-refractivity contribution >= 4 is 5.91 Å². The van der Waals surface area contributed by atoms with Crippen LogP contribution in [0.25, 0.3) is 0 Å². The van der Waals surface area contributed by atoms with Crippen molar-refractivity contribution in [3.05, 3.63) is 23.8 Å². The van der Waals surface area contributed by atoms with Crippen LogP contribution >= 0.6 is 0 Å². The molecule has 25 heavy (non-hydrogen) atoms. The SMILES string of the molecule is CCCOc1ccc(C(C)NC(=O)C2CCCNC2)cc1OCCC. The number of nitrogens with one attached hydrogen (secondary N) is 2. The van der Waals surface area contributed by atoms with Crippen LogP contribution in [0.15, 0.2) is 18.2 Å². The first kappa shape index (κ1) is 19.6. The van der Waals surface area contributed by atoms with Crippen LogP contribution in [0.1, 0.15) is 58.1 Å². The fraction of sp³-hybridized carbons (Fsp3) is 0.650. The Balaban J connectivity index is 2.04. The molecule has 0 spiro atoms. The van der Waals surface area contributed by atoms with Crippen molar-refractivity contribution in [3.8, 4) is 11.5 Å². The summed E-state index contributed by atoms with van der Waals surface area (Å²) in [7, 11) is 0. The molecule has 0 radical (unpaired) electrons. The van der Waals surface area contributed by atoms with Crippen molar-refractivity contribution in [2.75, 3.05) is 26.3 Å². The summed E-state index contributed by atoms with van der Waals surface area (Å²) < 4.78 is 11.6. The lowest BCUT2D eigenvalue weighted by atomic mass is 9.98. The smallest absolute Gasteiger partial charge is 0.224 e. The van der Waals surface area contributed by atoms with Crippen molar-refractivity contribution in [3.63, 3.8) is 0 Å². The summed E-state index contributed by atoms with van der Waals surface area (Å²) in [6, 6.07) is 5.89. The number of ether oxygens (including phenoxy) is 2. The monoisotopic (exact) mass is 348 g/mol. The molecule has 5 nitrogen and oxygen atoms in total. The van der Waals surface area contributed by atoms with Gasteiger partial charge in [-0.15, -0.1) is 0 Å². The van der Waals surface area contributed by atoms with E-state index in [4.69, 9.17) is 9.47 Å². The Morgan fingerprint density at radius 2 is 1.96 bits per heavy atom. The highest BCUT2D eigenvalue weighted by atomic mass is 16.5. The molecule has 0 aromatic heterocycles. The standard InChI is InChI=1S/C20H32N2O3/c1-4-11-24-18-9-8-16(13-19(18)25-12-5-2)15(3)22-20(23)17-7-6-10-21-14-17/h8-9,13,15,17,21H,4-7,10-12,14H2,1-3H3,(H,22,23). The fourth-order valence-corrected chi connectivity index (χ4v) is 2.94. The van der Waals surface area contributed by atoms with Crippen LogP contribution in [-0.4, -0.2) is 32.2 Å². The molecule has 0 aliphatic carbocycles. The van der Waals surface area contributed by atoms with Crippen LogP contribution in [0.4, 0.5) is 0 Å². The number of hydrogen-bond donors (Lipinski definition) is 2. The van der Waals surface area contributed by atoms with Crippen LogP contribution in [0.5, 0.6) is 11.5 Å². The minimum Gasteiger partial charge on any atom is -0.490 e. The molecule has 5 heteroatoms. The van der Waals surface area contributed by atoms with E-state index in [1.807, 2.05) is 25.1 Å². The molecule has 1 aromatic carbocycles. The van der Waals surface area contributed by atoms with Gasteiger partial charge < -0.3 is 20.1 Å². The second-order valence-electron chi connectivity index (χ2n) is 6.68. The normalized spacial score (nSPS) is 18.4. The van der Waals surface area contributed by atoms with E-state index in [0.29, 0.717) is 13.2 Å². The van der Waals surface area contributed by atoms with Gasteiger partial charge in [0.15, 0.2) is 11.5 Å². The minimum atomic E-state index is -0.0568. The third-order valence-corrected chi connectivity index (χ3v) is 4.42. The summed E-state index contributed by atoms with van der Waals surface area (Å²) in [5.41, 5.74) is 1.03. The predicted octanol–water partition coefficient (Wildman–Crippen LogP) is 3.44. The van der Waals surface area contributed by atoms with E-state index < -0.39 is 0 Å². The Hall–Kier alpha value is -1.75. The van der Waals surface area contributed by atoms with E-state index in [1.54, 1.807) is 0 Å². The van der Waals surface area contributed by atoms with Gasteiger partial charge in [-0.25, -0.2) is 0 Å². The number of hydrogen-bond acceptors (Lipinski definition) is 4. The van der Waals surface area contributed by atoms with E-state index >= 15 is 0 Å². The molecule has 1 heterocycles. The van der Waals surface area contributed by atoms with Gasteiger partial charge in [-0.05, 0) is 56.8 Å². The zero-order valence-electron chi connectivity index (χ0n) is 15.8. The second-order valence-corrected chi connectivity index (χ2v) is 6.68. The second kappa shape index (κ2) is 10.3. The fourth-order valence-electron chi connectivity index (χ4n) is 2.94. The molecule has 1 saturated heterocycles. The van der Waals surface area contributed by atoms with Gasteiger partial charge in [0.1, 0.15) is 0 Å². The summed E-state index contributed by atoms with van der Waals surface area (Å²) >= 11 is 0. The zero-order chi connectivity index (χ0) is 18.1. The van der Waals surface area contributed by atoms with Crippen molar-refractivity contribution in [2.24, 2.45) is 5.92 Å². The lowest BCUT2D eigenvalue weighted by molar-refractivity contribution is -0.126. The average Bonchev–Trinajstić information content (AvgIpc) is 2.65. The molecule has 140 valence electrons. The third-order valence-electron chi connectivity index (χ3n) is 4.42. The van der Waals surface area contributed by atoms with Crippen molar-refractivity contribution in [1.29, 1.82) is 0 Å². The highest BCUT2D eigenvalue weighted by Gasteiger charge is 2.22. The Morgan fingerprint density at radius 1 is 1.24 bits per heavy atom. The maximum absolute atomic E-state index is 12.4. The van der Waals surface area contributed by atoms with Crippen LogP contribution in [0.3, 0.4) is 0 Å². The first-order chi connectivity index (χ1) is 12.2. The Kier molecular flexibility index (Phi) is 8.06. The molecule has 2 rings (SSSR count). The first-order valence-electron chi connectivity index (χ1n) is 9.56. The van der Waals surface area contributed by atoms with E-state index in [1.165, 1.54) is 0 Å². The highest BCUT2D eigenvalue weighted by molar-refractivity contribution is 5.79. The number of benzene rings is 1. The average molecular weight is 348 g/mol. The van der Waals surface area contributed by atoms with E-state index in [0.717, 1.165) is 55.8 Å². The van der Waals surface area contributed by atoms with Crippen molar-refractivity contribution < 1.29 is 14.3 Å². The first-order valence-corrected chi connectivity index (χ1v) is 9.56.